The Morgan fingerprint density at radius 3 is 0.550 bits per heavy atom. The minimum Gasteiger partial charge on any atom is -0.324 e. The van der Waals surface area contributed by atoms with Crippen LogP contribution in [0.2, 0.25) is 0 Å². The molecule has 0 aromatic heterocycles. The zero-order chi connectivity index (χ0) is 16.8. The predicted molar refractivity (Wildman–Crippen MR) is 67.6 cm³/mol. The van der Waals surface area contributed by atoms with E-state index in [1.807, 2.05) is 0 Å². The second-order valence-electron chi connectivity index (χ2n) is 3.55. The molecular formula is C4H16O12P4. The molecule has 0 rings (SSSR count). The fourth-order valence-electron chi connectivity index (χ4n) is 0.521. The van der Waals surface area contributed by atoms with E-state index in [-0.39, 0.29) is 0 Å². The Morgan fingerprint density at radius 1 is 0.400 bits per heavy atom. The molecule has 0 atom stereocenters. The van der Waals surface area contributed by atoms with Crippen LogP contribution in [0, 0.1) is 0 Å². The van der Waals surface area contributed by atoms with Gasteiger partial charge in [0.15, 0.2) is 0 Å². The average Bonchev–Trinajstić information content (AvgIpc) is 2.09. The van der Waals surface area contributed by atoms with E-state index in [2.05, 4.69) is 0 Å². The third kappa shape index (κ3) is 27.0. The summed E-state index contributed by atoms with van der Waals surface area (Å²) >= 11 is 0. The van der Waals surface area contributed by atoms with Crippen molar-refractivity contribution >= 4 is 30.4 Å². The lowest BCUT2D eigenvalue weighted by atomic mass is 11.0. The van der Waals surface area contributed by atoms with Crippen LogP contribution >= 0.6 is 30.4 Å². The van der Waals surface area contributed by atoms with Crippen LogP contribution in [0.1, 0.15) is 0 Å². The number of rotatable bonds is 6. The van der Waals surface area contributed by atoms with Crippen LogP contribution in [0.4, 0.5) is 0 Å². The monoisotopic (exact) mass is 380 g/mol. The van der Waals surface area contributed by atoms with Gasteiger partial charge in [-0.15, -0.1) is 0 Å². The Morgan fingerprint density at radius 2 is 0.500 bits per heavy atom. The molecule has 0 radical (unpaired) electrons. The maximum absolute atomic E-state index is 10.0. The topological polar surface area (TPSA) is 230 Å². The summed E-state index contributed by atoms with van der Waals surface area (Å²) in [7, 11) is -17.0. The van der Waals surface area contributed by atoms with Crippen LogP contribution in [0.15, 0.2) is 0 Å². The van der Waals surface area contributed by atoms with Gasteiger partial charge in [0.25, 0.3) is 0 Å². The molecule has 0 aliphatic heterocycles. The van der Waals surface area contributed by atoms with Crippen molar-refractivity contribution in [1.82, 2.24) is 0 Å². The molecular weight excluding hydrogens is 364 g/mol. The minimum absolute atomic E-state index is 0.767. The van der Waals surface area contributed by atoms with Crippen molar-refractivity contribution in [1.29, 1.82) is 0 Å². The lowest BCUT2D eigenvalue weighted by molar-refractivity contribution is 0.360. The van der Waals surface area contributed by atoms with Crippen LogP contribution in [0.25, 0.3) is 0 Å². The van der Waals surface area contributed by atoms with Crippen molar-refractivity contribution in [3.8, 4) is 0 Å². The summed E-state index contributed by atoms with van der Waals surface area (Å²) in [5, 5.41) is 0. The van der Waals surface area contributed by atoms with Gasteiger partial charge in [-0.3, -0.25) is 18.3 Å². The van der Waals surface area contributed by atoms with E-state index in [0.717, 1.165) is 0 Å². The van der Waals surface area contributed by atoms with Crippen LogP contribution in [-0.2, 0) is 18.3 Å². The molecule has 0 aromatic carbocycles. The zero-order valence-electron chi connectivity index (χ0n) is 9.83. The van der Waals surface area contributed by atoms with Crippen molar-refractivity contribution in [2.24, 2.45) is 0 Å². The summed E-state index contributed by atoms with van der Waals surface area (Å²) in [6.45, 7) is 0. The maximum Gasteiger partial charge on any atom is 0.326 e. The van der Waals surface area contributed by atoms with Crippen LogP contribution in [-0.4, -0.2) is 63.8 Å². The lowest BCUT2D eigenvalue weighted by Crippen LogP contribution is -1.95. The van der Waals surface area contributed by atoms with Crippen LogP contribution < -0.4 is 0 Å². The highest BCUT2D eigenvalue weighted by atomic mass is 31.2. The van der Waals surface area contributed by atoms with Crippen LogP contribution in [0.5, 0.6) is 0 Å². The molecule has 0 saturated heterocycles. The molecule has 0 saturated carbocycles. The molecule has 0 aliphatic carbocycles. The first-order valence-electron chi connectivity index (χ1n) is 4.60. The summed E-state index contributed by atoms with van der Waals surface area (Å²) in [4.78, 5) is 65.2. The van der Waals surface area contributed by atoms with Gasteiger partial charge < -0.3 is 39.1 Å². The van der Waals surface area contributed by atoms with E-state index < -0.39 is 55.0 Å². The molecule has 20 heavy (non-hydrogen) atoms. The number of hydrogen-bond acceptors (Lipinski definition) is 4. The maximum atomic E-state index is 10.0. The van der Waals surface area contributed by atoms with E-state index in [0.29, 0.717) is 0 Å². The highest BCUT2D eigenvalue weighted by Crippen LogP contribution is 2.43. The van der Waals surface area contributed by atoms with E-state index in [1.54, 1.807) is 0 Å². The molecule has 0 bridgehead atoms. The van der Waals surface area contributed by atoms with Crippen molar-refractivity contribution in [3.05, 3.63) is 0 Å². The molecule has 12 nitrogen and oxygen atoms in total. The summed E-state index contributed by atoms with van der Waals surface area (Å²) in [6.07, 6.45) is -3.07. The Bertz CT molecular complexity index is 372. The van der Waals surface area contributed by atoms with Crippen LogP contribution in [0.3, 0.4) is 0 Å². The van der Waals surface area contributed by atoms with E-state index in [9.17, 15) is 18.3 Å². The molecule has 0 spiro atoms. The van der Waals surface area contributed by atoms with Gasteiger partial charge in [0.1, 0.15) is 0 Å². The molecule has 0 fully saturated rings. The molecule has 124 valence electrons. The van der Waals surface area contributed by atoms with E-state index in [1.165, 1.54) is 0 Å². The van der Waals surface area contributed by atoms with Crippen molar-refractivity contribution in [3.63, 3.8) is 0 Å². The smallest absolute Gasteiger partial charge is 0.324 e. The van der Waals surface area contributed by atoms with Gasteiger partial charge in [-0.2, -0.15) is 0 Å². The second kappa shape index (κ2) is 8.29. The molecule has 0 aromatic rings. The van der Waals surface area contributed by atoms with Crippen molar-refractivity contribution < 1.29 is 57.4 Å². The quantitative estimate of drug-likeness (QED) is 0.251. The predicted octanol–water partition coefficient (Wildman–Crippen LogP) is -1.32. The molecule has 16 heteroatoms. The Balaban J connectivity index is 0. The molecule has 0 amide bonds. The Kier molecular flexibility index (Phi) is 9.48. The second-order valence-corrected chi connectivity index (χ2v) is 10.7. The molecule has 0 heterocycles. The van der Waals surface area contributed by atoms with Gasteiger partial charge in [-0.05, 0) is 0 Å². The van der Waals surface area contributed by atoms with Crippen molar-refractivity contribution in [2.45, 2.75) is 0 Å². The molecule has 0 unspecified atom stereocenters. The van der Waals surface area contributed by atoms with Gasteiger partial charge in [-0.1, -0.05) is 0 Å². The average molecular weight is 380 g/mol. The first kappa shape index (κ1) is 22.9. The Labute approximate surface area is 113 Å². The van der Waals surface area contributed by atoms with E-state index in [4.69, 9.17) is 39.1 Å². The fraction of sp³-hybridized carbons (Fsp3) is 1.00. The highest BCUT2D eigenvalue weighted by molar-refractivity contribution is 7.56. The summed E-state index contributed by atoms with van der Waals surface area (Å²) < 4.78 is 40.1. The lowest BCUT2D eigenvalue weighted by Gasteiger charge is -2.03. The van der Waals surface area contributed by atoms with Crippen molar-refractivity contribution in [2.75, 3.05) is 24.6 Å². The van der Waals surface area contributed by atoms with Gasteiger partial charge in [0.2, 0.25) is 0 Å². The highest BCUT2D eigenvalue weighted by Gasteiger charge is 2.21. The normalized spacial score (nSPS) is 13.6. The molecule has 0 aliphatic rings. The van der Waals surface area contributed by atoms with Gasteiger partial charge >= 0.3 is 30.4 Å². The number of hydrogen-bond donors (Lipinski definition) is 8. The first-order chi connectivity index (χ1) is 8.41. The largest absolute Gasteiger partial charge is 0.326 e. The van der Waals surface area contributed by atoms with Gasteiger partial charge in [0, 0.05) is 0 Å². The standard InChI is InChI=1S/2C2H8O6P2/c2*3-9(4,5)1-2-10(6,7)8/h2*1-2H2,(H2,3,4,5)(H2,6,7,8). The molecule has 8 N–H and O–H groups in total. The summed E-state index contributed by atoms with van der Waals surface area (Å²) in [5.74, 6) is 0. The third-order valence-corrected chi connectivity index (χ3v) is 5.30. The minimum atomic E-state index is -4.25. The Hall–Kier alpha value is 0.600. The fourth-order valence-corrected chi connectivity index (χ4v) is 4.69. The summed E-state index contributed by atoms with van der Waals surface area (Å²) in [5.41, 5.74) is 0. The summed E-state index contributed by atoms with van der Waals surface area (Å²) in [6, 6.07) is 0. The first-order valence-corrected chi connectivity index (χ1v) is 11.8. The SMILES string of the molecule is O=P(O)(O)CCP(=O)(O)O.O=P(O)(O)CCP(=O)(O)O. The van der Waals surface area contributed by atoms with Gasteiger partial charge in [0.05, 0.1) is 24.6 Å². The zero-order valence-corrected chi connectivity index (χ0v) is 13.4. The van der Waals surface area contributed by atoms with E-state index >= 15 is 0 Å². The third-order valence-electron chi connectivity index (χ3n) is 1.37. The van der Waals surface area contributed by atoms with Gasteiger partial charge in [-0.25, -0.2) is 0 Å².